The van der Waals surface area contributed by atoms with Crippen molar-refractivity contribution >= 4 is 35.5 Å². The highest BCUT2D eigenvalue weighted by molar-refractivity contribution is 8.01. The number of nitrogens with two attached hydrogens (primary N) is 1. The number of carboxylic acid groups (broad SMARTS) is 1. The first-order valence-electron chi connectivity index (χ1n) is 10.9. The summed E-state index contributed by atoms with van der Waals surface area (Å²) in [6, 6.07) is 10.2. The average molecular weight is 498 g/mol. The van der Waals surface area contributed by atoms with Crippen LogP contribution in [0.3, 0.4) is 0 Å². The number of carbonyl (C=O) groups excluding carboxylic acids is 3. The fraction of sp³-hybridized carbons (Fsp3) is 0.333. The molecule has 35 heavy (non-hydrogen) atoms. The van der Waals surface area contributed by atoms with E-state index in [0.29, 0.717) is 11.1 Å². The number of aromatic hydroxyl groups is 1. The number of amides is 2. The van der Waals surface area contributed by atoms with E-state index in [0.717, 1.165) is 0 Å². The van der Waals surface area contributed by atoms with Gasteiger partial charge in [0, 0.05) is 5.56 Å². The normalized spacial score (nSPS) is 29.0. The van der Waals surface area contributed by atoms with E-state index in [4.69, 9.17) is 10.5 Å². The summed E-state index contributed by atoms with van der Waals surface area (Å²) in [6.45, 7) is 3.38. The fourth-order valence-corrected chi connectivity index (χ4v) is 6.99. The summed E-state index contributed by atoms with van der Waals surface area (Å²) in [5.74, 6) is -3.13. The van der Waals surface area contributed by atoms with Crippen LogP contribution in [0.25, 0.3) is 0 Å². The Kier molecular flexibility index (Phi) is 5.11. The van der Waals surface area contributed by atoms with Crippen LogP contribution in [0.5, 0.6) is 5.75 Å². The number of rotatable bonds is 5. The number of nitrogens with one attached hydrogen (secondary N) is 1. The number of β-lactam (4-membered cyclic amide) rings is 1. The number of phenolic OH excluding ortho intramolecular Hbond substituents is 1. The van der Waals surface area contributed by atoms with E-state index in [-0.39, 0.29) is 11.3 Å². The molecule has 0 radical (unpaired) electrons. The minimum absolute atomic E-state index is 0.0231. The van der Waals surface area contributed by atoms with Crippen molar-refractivity contribution in [3.05, 3.63) is 65.2 Å². The zero-order chi connectivity index (χ0) is 25.3. The number of aliphatic carboxylic acids is 1. The third kappa shape index (κ3) is 3.08. The van der Waals surface area contributed by atoms with Crippen LogP contribution in [0.2, 0.25) is 0 Å². The molecule has 3 heterocycles. The molecule has 3 unspecified atom stereocenters. The van der Waals surface area contributed by atoms with Gasteiger partial charge in [-0.25, -0.2) is 9.59 Å². The van der Waals surface area contributed by atoms with Crippen LogP contribution in [0.1, 0.15) is 47.5 Å². The number of hydrogen-bond donors (Lipinski definition) is 4. The van der Waals surface area contributed by atoms with Gasteiger partial charge in [-0.15, -0.1) is 11.8 Å². The molecular formula is C24H23N3O7S. The molecule has 0 bridgehead atoms. The molecule has 5 N–H and O–H groups in total. The number of fused-ring (bicyclic) bond motifs is 2. The molecule has 0 aliphatic carbocycles. The van der Waals surface area contributed by atoms with Gasteiger partial charge in [-0.1, -0.05) is 30.3 Å². The SMILES string of the molecule is CC1(C)S[C@@H]2C(NC(=O)C(N)c3ccc(O)cc3)C(=O)N2[C@]1(C(=O)O)C1OC(=O)c2ccccc21. The van der Waals surface area contributed by atoms with E-state index in [2.05, 4.69) is 5.32 Å². The number of nitrogens with zero attached hydrogens (tertiary/aromatic N) is 1. The Balaban J connectivity index is 1.46. The van der Waals surface area contributed by atoms with E-state index in [1.54, 1.807) is 38.1 Å². The number of carboxylic acids is 1. The third-order valence-electron chi connectivity index (χ3n) is 6.98. The van der Waals surface area contributed by atoms with Gasteiger partial charge in [0.15, 0.2) is 11.6 Å². The molecule has 5 atom stereocenters. The number of phenols is 1. The number of thioether (sulfide) groups is 1. The first-order chi connectivity index (χ1) is 16.5. The molecule has 2 saturated heterocycles. The van der Waals surface area contributed by atoms with Gasteiger partial charge >= 0.3 is 11.9 Å². The van der Waals surface area contributed by atoms with E-state index in [9.17, 15) is 29.4 Å². The second-order valence-corrected chi connectivity index (χ2v) is 11.0. The van der Waals surface area contributed by atoms with Crippen molar-refractivity contribution in [3.8, 4) is 5.75 Å². The maximum absolute atomic E-state index is 13.4. The van der Waals surface area contributed by atoms with Crippen LogP contribution in [0.4, 0.5) is 0 Å². The molecule has 182 valence electrons. The van der Waals surface area contributed by atoms with Gasteiger partial charge in [0.25, 0.3) is 0 Å². The lowest BCUT2D eigenvalue weighted by molar-refractivity contribution is -0.182. The third-order valence-corrected chi connectivity index (χ3v) is 8.61. The molecule has 10 nitrogen and oxygen atoms in total. The molecule has 0 spiro atoms. The highest BCUT2D eigenvalue weighted by atomic mass is 32.2. The number of esters is 1. The quantitative estimate of drug-likeness (QED) is 0.353. The van der Waals surface area contributed by atoms with Crippen LogP contribution in [0, 0.1) is 0 Å². The maximum Gasteiger partial charge on any atom is 0.339 e. The predicted octanol–water partition coefficient (Wildman–Crippen LogP) is 1.31. The van der Waals surface area contributed by atoms with Crippen LogP contribution >= 0.6 is 11.8 Å². The van der Waals surface area contributed by atoms with E-state index >= 15 is 0 Å². The van der Waals surface area contributed by atoms with Crippen LogP contribution in [0.15, 0.2) is 48.5 Å². The Morgan fingerprint density at radius 3 is 2.46 bits per heavy atom. The van der Waals surface area contributed by atoms with Crippen LogP contribution in [-0.4, -0.2) is 60.6 Å². The van der Waals surface area contributed by atoms with E-state index in [1.165, 1.54) is 40.9 Å². The minimum Gasteiger partial charge on any atom is -0.508 e. The molecule has 3 aliphatic heterocycles. The van der Waals surface area contributed by atoms with Crippen molar-refractivity contribution in [2.75, 3.05) is 0 Å². The highest BCUT2D eigenvalue weighted by Crippen LogP contribution is 2.62. The number of ether oxygens (including phenoxy) is 1. The molecule has 2 fully saturated rings. The summed E-state index contributed by atoms with van der Waals surface area (Å²) in [5, 5.41) is 21.9. The minimum atomic E-state index is -1.89. The second kappa shape index (κ2) is 7.72. The second-order valence-electron chi connectivity index (χ2n) is 9.23. The number of carbonyl (C=O) groups is 4. The van der Waals surface area contributed by atoms with Crippen molar-refractivity contribution in [1.29, 1.82) is 0 Å². The zero-order valence-corrected chi connectivity index (χ0v) is 19.6. The Hall–Kier alpha value is -3.57. The maximum atomic E-state index is 13.4. The van der Waals surface area contributed by atoms with Gasteiger partial charge in [-0.2, -0.15) is 0 Å². The Bertz CT molecular complexity index is 1260. The van der Waals surface area contributed by atoms with Gasteiger partial charge in [-0.3, -0.25) is 9.59 Å². The summed E-state index contributed by atoms with van der Waals surface area (Å²) in [7, 11) is 0. The van der Waals surface area contributed by atoms with Crippen molar-refractivity contribution in [3.63, 3.8) is 0 Å². The first-order valence-corrected chi connectivity index (χ1v) is 11.8. The first kappa shape index (κ1) is 23.2. The monoisotopic (exact) mass is 497 g/mol. The number of cyclic esters (lactones) is 1. The fourth-order valence-electron chi connectivity index (χ4n) is 5.22. The van der Waals surface area contributed by atoms with Gasteiger partial charge in [0.1, 0.15) is 23.2 Å². The lowest BCUT2D eigenvalue weighted by Gasteiger charge is -2.51. The predicted molar refractivity (Wildman–Crippen MR) is 124 cm³/mol. The summed E-state index contributed by atoms with van der Waals surface area (Å²) in [5.41, 5.74) is 5.27. The average Bonchev–Trinajstić information content (AvgIpc) is 3.27. The Morgan fingerprint density at radius 2 is 1.80 bits per heavy atom. The topological polar surface area (TPSA) is 159 Å². The van der Waals surface area contributed by atoms with Gasteiger partial charge in [-0.05, 0) is 37.6 Å². The summed E-state index contributed by atoms with van der Waals surface area (Å²) >= 11 is 1.22. The molecule has 2 amide bonds. The molecule has 2 aromatic rings. The van der Waals surface area contributed by atoms with E-state index < -0.39 is 57.6 Å². The Labute approximate surface area is 204 Å². The summed E-state index contributed by atoms with van der Waals surface area (Å²) in [4.78, 5) is 52.8. The van der Waals surface area contributed by atoms with E-state index in [1.807, 2.05) is 0 Å². The largest absolute Gasteiger partial charge is 0.508 e. The van der Waals surface area contributed by atoms with Crippen molar-refractivity contribution in [1.82, 2.24) is 10.2 Å². The smallest absolute Gasteiger partial charge is 0.339 e. The van der Waals surface area contributed by atoms with Gasteiger partial charge < -0.3 is 30.9 Å². The lowest BCUT2D eigenvalue weighted by Crippen LogP contribution is -2.77. The zero-order valence-electron chi connectivity index (χ0n) is 18.8. The molecular weight excluding hydrogens is 474 g/mol. The highest BCUT2D eigenvalue weighted by Gasteiger charge is 2.77. The van der Waals surface area contributed by atoms with Crippen LogP contribution < -0.4 is 11.1 Å². The molecule has 3 aliphatic rings. The van der Waals surface area contributed by atoms with Gasteiger partial charge in [0.05, 0.1) is 10.3 Å². The molecule has 0 saturated carbocycles. The molecule has 5 rings (SSSR count). The van der Waals surface area contributed by atoms with Crippen molar-refractivity contribution in [2.24, 2.45) is 5.73 Å². The number of hydrogen-bond acceptors (Lipinski definition) is 8. The van der Waals surface area contributed by atoms with Crippen molar-refractivity contribution in [2.45, 2.75) is 47.7 Å². The summed E-state index contributed by atoms with van der Waals surface area (Å²) in [6.07, 6.45) is -1.21. The molecule has 11 heteroatoms. The van der Waals surface area contributed by atoms with Crippen LogP contribution in [-0.2, 0) is 19.1 Å². The summed E-state index contributed by atoms with van der Waals surface area (Å²) < 4.78 is 4.50. The lowest BCUT2D eigenvalue weighted by atomic mass is 9.74. The van der Waals surface area contributed by atoms with Gasteiger partial charge in [0.2, 0.25) is 11.8 Å². The Morgan fingerprint density at radius 1 is 1.14 bits per heavy atom. The standard InChI is InChI=1S/C24H23N3O7S/c1-23(2)24(22(32)33,17-13-5-3-4-6-14(13)21(31)34-17)27-19(30)16(20(27)35-23)26-18(29)15(25)11-7-9-12(28)10-8-11/h3-10,15-17,20,28H,25H2,1-2H3,(H,26,29)(H,32,33)/t15?,16?,17?,20-,24+/m1/s1. The molecule has 2 aromatic carbocycles. The molecule has 0 aromatic heterocycles. The van der Waals surface area contributed by atoms with Crippen molar-refractivity contribution < 1.29 is 34.1 Å². The number of benzene rings is 2.